The Bertz CT molecular complexity index is 2450. The number of allylic oxidation sites excluding steroid dienone is 1. The minimum atomic E-state index is -1.63. The van der Waals surface area contributed by atoms with Gasteiger partial charge in [-0.2, -0.15) is 0 Å². The molecule has 6 atom stereocenters. The van der Waals surface area contributed by atoms with Crippen molar-refractivity contribution in [3.63, 3.8) is 0 Å². The first-order valence-electron chi connectivity index (χ1n) is 22.3. The standard InChI is InChI=1S/C50H54FN3O12/c1-3-24-64-50-46(53(29-32-14-20-44-45(25-32)63-31-62-44)49(57)65-36-17-15-35(16-18-36)54(58)59)28-42(52-60-2)39-26-33(10-6-8-22-55)38(12-7-9-23-56)47(48(39)50)40-27-37(19-21-43(40)66-50)61-30-34-11-4-5-13-41(34)51/h3-5,11,13-21,25-27,33,38,46-48,55-56H,1,6-10,12,22-24,28-31H2,2H3. The van der Waals surface area contributed by atoms with Crippen molar-refractivity contribution in [2.24, 2.45) is 22.9 Å². The normalized spacial score (nSPS) is 22.9. The number of aliphatic hydroxyl groups excluding tert-OH is 2. The molecule has 16 heteroatoms. The largest absolute Gasteiger partial charge is 0.489 e. The average Bonchev–Trinajstić information content (AvgIpc) is 3.80. The van der Waals surface area contributed by atoms with Gasteiger partial charge in [0.25, 0.3) is 5.69 Å². The molecule has 66 heavy (non-hydrogen) atoms. The molecular formula is C50H54FN3O12. The molecule has 2 aliphatic heterocycles. The number of benzene rings is 4. The van der Waals surface area contributed by atoms with Gasteiger partial charge in [0.2, 0.25) is 12.6 Å². The summed E-state index contributed by atoms with van der Waals surface area (Å²) < 4.78 is 52.9. The number of hydrogen-bond donors (Lipinski definition) is 2. The number of unbranched alkanes of at least 4 members (excludes halogenated alkanes) is 2. The molecule has 0 bridgehead atoms. The zero-order valence-electron chi connectivity index (χ0n) is 36.7. The van der Waals surface area contributed by atoms with Crippen LogP contribution in [0.4, 0.5) is 14.9 Å². The third-order valence-corrected chi connectivity index (χ3v) is 12.9. The third kappa shape index (κ3) is 9.57. The number of rotatable bonds is 20. The predicted molar refractivity (Wildman–Crippen MR) is 240 cm³/mol. The summed E-state index contributed by atoms with van der Waals surface area (Å²) in [7, 11) is 1.47. The van der Waals surface area contributed by atoms with Crippen LogP contribution in [-0.2, 0) is 22.7 Å². The number of fused-ring (bicyclic) bond motifs is 3. The van der Waals surface area contributed by atoms with Gasteiger partial charge in [0.1, 0.15) is 42.8 Å². The number of carbonyl (C=O) groups excluding carboxylic acids is 1. The van der Waals surface area contributed by atoms with Crippen molar-refractivity contribution in [2.45, 2.75) is 75.8 Å². The summed E-state index contributed by atoms with van der Waals surface area (Å²) in [4.78, 5) is 33.1. The first-order chi connectivity index (χ1) is 32.2. The maximum absolute atomic E-state index is 15.0. The molecule has 0 saturated heterocycles. The number of nitro groups is 1. The van der Waals surface area contributed by atoms with Gasteiger partial charge in [-0.1, -0.05) is 54.4 Å². The maximum Gasteiger partial charge on any atom is 0.416 e. The molecule has 0 spiro atoms. The van der Waals surface area contributed by atoms with E-state index in [1.807, 2.05) is 18.2 Å². The van der Waals surface area contributed by atoms with Crippen LogP contribution < -0.4 is 23.7 Å². The number of ether oxygens (including phenoxy) is 6. The van der Waals surface area contributed by atoms with E-state index in [0.717, 1.165) is 24.0 Å². The monoisotopic (exact) mass is 907 g/mol. The minimum Gasteiger partial charge on any atom is -0.489 e. The van der Waals surface area contributed by atoms with Gasteiger partial charge in [-0.05, 0) is 97.2 Å². The van der Waals surface area contributed by atoms with E-state index in [9.17, 15) is 24.7 Å². The Morgan fingerprint density at radius 2 is 1.71 bits per heavy atom. The van der Waals surface area contributed by atoms with Crippen molar-refractivity contribution in [1.82, 2.24) is 4.90 Å². The number of oxime groups is 1. The molecule has 15 nitrogen and oxygen atoms in total. The Labute approximate surface area is 382 Å². The van der Waals surface area contributed by atoms with Crippen LogP contribution in [0.15, 0.2) is 114 Å². The third-order valence-electron chi connectivity index (χ3n) is 12.9. The smallest absolute Gasteiger partial charge is 0.416 e. The van der Waals surface area contributed by atoms with Crippen molar-refractivity contribution in [2.75, 3.05) is 33.7 Å². The van der Waals surface area contributed by atoms with Gasteiger partial charge in [0, 0.05) is 55.4 Å². The molecule has 0 radical (unpaired) electrons. The Morgan fingerprint density at radius 1 is 0.970 bits per heavy atom. The fourth-order valence-corrected chi connectivity index (χ4v) is 9.96. The van der Waals surface area contributed by atoms with E-state index in [0.29, 0.717) is 65.5 Å². The summed E-state index contributed by atoms with van der Waals surface area (Å²) in [6, 6.07) is 21.6. The molecule has 1 amide bonds. The Hall–Kier alpha value is -6.49. The van der Waals surface area contributed by atoms with Gasteiger partial charge in [-0.15, -0.1) is 6.58 Å². The van der Waals surface area contributed by atoms with Crippen molar-refractivity contribution in [3.8, 4) is 28.7 Å². The predicted octanol–water partition coefficient (Wildman–Crippen LogP) is 9.01. The average molecular weight is 908 g/mol. The van der Waals surface area contributed by atoms with E-state index in [1.165, 1.54) is 42.3 Å². The highest BCUT2D eigenvalue weighted by Gasteiger charge is 2.65. The van der Waals surface area contributed by atoms with Gasteiger partial charge in [0.05, 0.1) is 23.2 Å². The Kier molecular flexibility index (Phi) is 14.5. The lowest BCUT2D eigenvalue weighted by atomic mass is 9.55. The van der Waals surface area contributed by atoms with Crippen molar-refractivity contribution in [1.29, 1.82) is 0 Å². The fraction of sp³-hybridized carbons (Fsp3) is 0.400. The van der Waals surface area contributed by atoms with Crippen LogP contribution in [0.2, 0.25) is 0 Å². The molecule has 4 aromatic carbocycles. The number of aliphatic hydroxyl groups is 2. The Morgan fingerprint density at radius 3 is 2.45 bits per heavy atom. The minimum absolute atomic E-state index is 0.0138. The maximum atomic E-state index is 15.0. The zero-order chi connectivity index (χ0) is 46.2. The Balaban J connectivity index is 1.30. The summed E-state index contributed by atoms with van der Waals surface area (Å²) in [6.45, 7) is 4.09. The number of carbonyl (C=O) groups is 1. The van der Waals surface area contributed by atoms with E-state index in [-0.39, 0.29) is 81.2 Å². The van der Waals surface area contributed by atoms with Gasteiger partial charge in [-0.25, -0.2) is 9.18 Å². The molecule has 8 rings (SSSR count). The van der Waals surface area contributed by atoms with Crippen LogP contribution in [0.25, 0.3) is 0 Å². The summed E-state index contributed by atoms with van der Waals surface area (Å²) in [6.07, 6.45) is 7.26. The lowest BCUT2D eigenvalue weighted by Crippen LogP contribution is -2.70. The second-order valence-corrected chi connectivity index (χ2v) is 16.8. The van der Waals surface area contributed by atoms with Crippen LogP contribution in [0.3, 0.4) is 0 Å². The van der Waals surface area contributed by atoms with E-state index >= 15 is 4.79 Å². The lowest BCUT2D eigenvalue weighted by Gasteiger charge is -2.59. The second-order valence-electron chi connectivity index (χ2n) is 16.8. The molecule has 1 saturated carbocycles. The quantitative estimate of drug-likeness (QED) is 0.0372. The van der Waals surface area contributed by atoms with Crippen molar-refractivity contribution >= 4 is 17.5 Å². The van der Waals surface area contributed by atoms with Gasteiger partial charge >= 0.3 is 6.09 Å². The number of halogens is 1. The summed E-state index contributed by atoms with van der Waals surface area (Å²) in [5, 5.41) is 36.0. The molecule has 6 unspecified atom stereocenters. The summed E-state index contributed by atoms with van der Waals surface area (Å²) in [5.74, 6) is -0.979. The van der Waals surface area contributed by atoms with Gasteiger partial charge in [-0.3, -0.25) is 15.0 Å². The molecule has 348 valence electrons. The number of nitrogens with zero attached hydrogens (tertiary/aromatic N) is 3. The van der Waals surface area contributed by atoms with E-state index in [2.05, 4.69) is 17.8 Å². The molecular weight excluding hydrogens is 854 g/mol. The highest BCUT2D eigenvalue weighted by atomic mass is 19.1. The number of amides is 1. The van der Waals surface area contributed by atoms with Crippen molar-refractivity contribution in [3.05, 3.63) is 142 Å². The fourth-order valence-electron chi connectivity index (χ4n) is 9.96. The molecule has 2 heterocycles. The number of hydrogen-bond acceptors (Lipinski definition) is 13. The lowest BCUT2D eigenvalue weighted by molar-refractivity contribution is -0.384. The molecule has 4 aromatic rings. The first-order valence-corrected chi connectivity index (χ1v) is 22.3. The van der Waals surface area contributed by atoms with E-state index < -0.39 is 28.8 Å². The first kappa shape index (κ1) is 46.1. The highest BCUT2D eigenvalue weighted by Crippen LogP contribution is 2.62. The molecule has 2 aliphatic carbocycles. The number of non-ortho nitro benzene ring substituents is 1. The summed E-state index contributed by atoms with van der Waals surface area (Å²) in [5.41, 5.74) is 3.11. The van der Waals surface area contributed by atoms with Crippen LogP contribution in [0.1, 0.15) is 67.6 Å². The van der Waals surface area contributed by atoms with E-state index in [1.54, 1.807) is 42.5 Å². The molecule has 0 aromatic heterocycles. The molecule has 2 N–H and O–H groups in total. The summed E-state index contributed by atoms with van der Waals surface area (Å²) >= 11 is 0. The zero-order valence-corrected chi connectivity index (χ0v) is 36.7. The van der Waals surface area contributed by atoms with Crippen LogP contribution >= 0.6 is 0 Å². The van der Waals surface area contributed by atoms with Crippen LogP contribution in [0.5, 0.6) is 28.7 Å². The van der Waals surface area contributed by atoms with Gasteiger partial charge in [0.15, 0.2) is 11.5 Å². The van der Waals surface area contributed by atoms with Gasteiger partial charge < -0.3 is 43.5 Å². The van der Waals surface area contributed by atoms with Crippen LogP contribution in [0, 0.1) is 33.7 Å². The molecule has 1 fully saturated rings. The molecule has 4 aliphatic rings. The number of nitro benzene ring substituents is 1. The van der Waals surface area contributed by atoms with E-state index in [4.69, 9.17) is 33.3 Å². The second kappa shape index (κ2) is 20.8. The topological polar surface area (TPSA) is 181 Å². The SMILES string of the molecule is C=CCOC12Oc3ccc(OCc4ccccc4F)cc3C3C(CCCCO)C(CCCCO)C=C(C(=NOC)CC1N(Cc1ccc4c(c1)OCO4)C(=O)Oc1ccc([N+](=O)[O-])cc1)C32. The van der Waals surface area contributed by atoms with Crippen molar-refractivity contribution < 1.29 is 57.6 Å². The van der Waals surface area contributed by atoms with Crippen LogP contribution in [-0.4, -0.2) is 77.4 Å². The highest BCUT2D eigenvalue weighted by molar-refractivity contribution is 6.03.